The number of carbonyl (C=O) groups is 1. The first-order valence-electron chi connectivity index (χ1n) is 11.3. The Bertz CT molecular complexity index is 886. The number of carbonyl (C=O) groups excluding carboxylic acids is 1. The van der Waals surface area contributed by atoms with Crippen LogP contribution in [0.4, 0.5) is 0 Å². The molecule has 31 heavy (non-hydrogen) atoms. The van der Waals surface area contributed by atoms with E-state index in [9.17, 15) is 4.79 Å². The largest absolute Gasteiger partial charge is 0.353 e. The van der Waals surface area contributed by atoms with Gasteiger partial charge in [-0.15, -0.1) is 0 Å². The zero-order chi connectivity index (χ0) is 21.3. The third kappa shape index (κ3) is 6.32. The Kier molecular flexibility index (Phi) is 7.57. The number of rotatable bonds is 8. The van der Waals surface area contributed by atoms with E-state index in [4.69, 9.17) is 0 Å². The van der Waals surface area contributed by atoms with E-state index in [1.54, 1.807) is 0 Å². The second-order valence-corrected chi connectivity index (χ2v) is 8.34. The lowest BCUT2D eigenvalue weighted by Gasteiger charge is -2.33. The summed E-state index contributed by atoms with van der Waals surface area (Å²) in [5.41, 5.74) is 3.73. The van der Waals surface area contributed by atoms with Gasteiger partial charge in [0.05, 0.1) is 6.42 Å². The summed E-state index contributed by atoms with van der Waals surface area (Å²) in [6.45, 7) is 2.03. The smallest absolute Gasteiger partial charge is 0.224 e. The van der Waals surface area contributed by atoms with E-state index in [0.717, 1.165) is 37.9 Å². The van der Waals surface area contributed by atoms with E-state index in [2.05, 4.69) is 78.2 Å². The first kappa shape index (κ1) is 21.4. The van der Waals surface area contributed by atoms with Crippen LogP contribution in [-0.4, -0.2) is 43.7 Å². The molecular formula is C27H30BN2O. The van der Waals surface area contributed by atoms with E-state index >= 15 is 0 Å². The van der Waals surface area contributed by atoms with Crippen molar-refractivity contribution in [2.75, 3.05) is 19.5 Å². The molecule has 1 saturated heterocycles. The van der Waals surface area contributed by atoms with Crippen molar-refractivity contribution < 1.29 is 4.79 Å². The van der Waals surface area contributed by atoms with Gasteiger partial charge in [-0.3, -0.25) is 4.79 Å². The molecule has 3 aromatic carbocycles. The maximum Gasteiger partial charge on any atom is 0.224 e. The van der Waals surface area contributed by atoms with Crippen molar-refractivity contribution in [3.63, 3.8) is 0 Å². The third-order valence-corrected chi connectivity index (χ3v) is 6.08. The van der Waals surface area contributed by atoms with Gasteiger partial charge in [-0.25, -0.2) is 0 Å². The Balaban J connectivity index is 1.26. The molecule has 0 bridgehead atoms. The van der Waals surface area contributed by atoms with Crippen LogP contribution in [0.1, 0.15) is 35.3 Å². The molecule has 1 fully saturated rings. The molecule has 1 aliphatic heterocycles. The lowest BCUT2D eigenvalue weighted by Crippen LogP contribution is -2.46. The minimum atomic E-state index is 0.129. The van der Waals surface area contributed by atoms with E-state index in [1.165, 1.54) is 11.1 Å². The summed E-state index contributed by atoms with van der Waals surface area (Å²) >= 11 is 0. The van der Waals surface area contributed by atoms with Crippen molar-refractivity contribution in [1.29, 1.82) is 0 Å². The minimum absolute atomic E-state index is 0.129. The first-order valence-corrected chi connectivity index (χ1v) is 11.3. The summed E-state index contributed by atoms with van der Waals surface area (Å²) in [6.07, 6.45) is 3.44. The van der Waals surface area contributed by atoms with Crippen LogP contribution < -0.4 is 5.32 Å². The molecule has 0 atom stereocenters. The molecule has 157 valence electrons. The van der Waals surface area contributed by atoms with Crippen LogP contribution >= 0.6 is 0 Å². The molecular weight excluding hydrogens is 379 g/mol. The molecule has 4 rings (SSSR count). The lowest BCUT2D eigenvalue weighted by molar-refractivity contribution is -0.121. The molecule has 1 heterocycles. The molecule has 0 saturated carbocycles. The highest BCUT2D eigenvalue weighted by Gasteiger charge is 2.23. The van der Waals surface area contributed by atoms with Crippen LogP contribution in [0.25, 0.3) is 0 Å². The number of amides is 1. The van der Waals surface area contributed by atoms with Crippen LogP contribution in [0.3, 0.4) is 0 Å². The second-order valence-electron chi connectivity index (χ2n) is 8.34. The molecule has 3 aromatic rings. The molecule has 0 aliphatic carbocycles. The van der Waals surface area contributed by atoms with Gasteiger partial charge in [0.2, 0.25) is 5.91 Å². The fourth-order valence-electron chi connectivity index (χ4n) is 4.36. The van der Waals surface area contributed by atoms with Gasteiger partial charge in [-0.1, -0.05) is 91.0 Å². The highest BCUT2D eigenvalue weighted by molar-refractivity contribution is 6.39. The van der Waals surface area contributed by atoms with Crippen molar-refractivity contribution in [3.8, 4) is 0 Å². The maximum absolute atomic E-state index is 12.4. The van der Waals surface area contributed by atoms with Gasteiger partial charge in [0.25, 0.3) is 0 Å². The Hall–Kier alpha value is -2.85. The Morgan fingerprint density at radius 1 is 0.839 bits per heavy atom. The van der Waals surface area contributed by atoms with Gasteiger partial charge >= 0.3 is 0 Å². The third-order valence-electron chi connectivity index (χ3n) is 6.08. The number of hydrogen-bond donors (Lipinski definition) is 1. The number of nitrogens with one attached hydrogen (secondary N) is 1. The summed E-state index contributed by atoms with van der Waals surface area (Å²) in [7, 11) is 2.43. The molecule has 4 heteroatoms. The van der Waals surface area contributed by atoms with Gasteiger partial charge in [0.15, 0.2) is 0 Å². The molecule has 1 amide bonds. The Morgan fingerprint density at radius 2 is 1.35 bits per heavy atom. The molecule has 1 N–H and O–H groups in total. The Morgan fingerprint density at radius 3 is 1.90 bits per heavy atom. The topological polar surface area (TPSA) is 32.3 Å². The van der Waals surface area contributed by atoms with Crippen LogP contribution in [0.5, 0.6) is 0 Å². The predicted molar refractivity (Wildman–Crippen MR) is 128 cm³/mol. The van der Waals surface area contributed by atoms with Crippen LogP contribution in [-0.2, 0) is 11.2 Å². The summed E-state index contributed by atoms with van der Waals surface area (Å²) in [5, 5.41) is 3.23. The SMILES string of the molecule is O=C(Cc1ccccc1)NC1CCN(C[B]C(c2ccccc2)c2ccccc2)CC1. The predicted octanol–water partition coefficient (Wildman–Crippen LogP) is 4.26. The van der Waals surface area contributed by atoms with Crippen LogP contribution in [0.15, 0.2) is 91.0 Å². The second kappa shape index (κ2) is 11.0. The standard InChI is InChI=1S/C27H30BN2O/c31-26(20-22-10-4-1-5-11-22)29-25-16-18-30(19-17-25)21-28-27(23-12-6-2-7-13-23)24-14-8-3-9-15-24/h1-15,25,27H,16-21H2,(H,29,31). The average molecular weight is 409 g/mol. The van der Waals surface area contributed by atoms with Crippen molar-refractivity contribution >= 4 is 13.2 Å². The van der Waals surface area contributed by atoms with Gasteiger partial charge in [0, 0.05) is 6.04 Å². The highest BCUT2D eigenvalue weighted by atomic mass is 16.1. The molecule has 1 radical (unpaired) electrons. The zero-order valence-electron chi connectivity index (χ0n) is 18.0. The summed E-state index contributed by atoms with van der Waals surface area (Å²) in [5.74, 6) is 0.426. The van der Waals surface area contributed by atoms with Crippen molar-refractivity contribution in [2.24, 2.45) is 0 Å². The molecule has 0 aromatic heterocycles. The van der Waals surface area contributed by atoms with Crippen molar-refractivity contribution in [3.05, 3.63) is 108 Å². The maximum atomic E-state index is 12.4. The fourth-order valence-corrected chi connectivity index (χ4v) is 4.36. The minimum Gasteiger partial charge on any atom is -0.353 e. The van der Waals surface area contributed by atoms with Crippen molar-refractivity contribution in [2.45, 2.75) is 31.1 Å². The van der Waals surface area contributed by atoms with Gasteiger partial charge in [-0.2, -0.15) is 0 Å². The first-order chi connectivity index (χ1) is 15.3. The Labute approximate surface area is 186 Å². The summed E-state index contributed by atoms with van der Waals surface area (Å²) < 4.78 is 0. The fraction of sp³-hybridized carbons (Fsp3) is 0.296. The number of hydrogen-bond acceptors (Lipinski definition) is 2. The molecule has 0 spiro atoms. The quantitative estimate of drug-likeness (QED) is 0.564. The normalized spacial score (nSPS) is 15.0. The number of benzene rings is 3. The lowest BCUT2D eigenvalue weighted by atomic mass is 9.58. The molecule has 0 unspecified atom stereocenters. The van der Waals surface area contributed by atoms with Crippen LogP contribution in [0.2, 0.25) is 0 Å². The van der Waals surface area contributed by atoms with E-state index < -0.39 is 0 Å². The highest BCUT2D eigenvalue weighted by Crippen LogP contribution is 2.24. The van der Waals surface area contributed by atoms with Crippen LogP contribution in [0, 0.1) is 0 Å². The molecule has 1 aliphatic rings. The van der Waals surface area contributed by atoms with Crippen molar-refractivity contribution in [1.82, 2.24) is 10.2 Å². The van der Waals surface area contributed by atoms with Gasteiger partial charge in [0.1, 0.15) is 7.28 Å². The molecule has 3 nitrogen and oxygen atoms in total. The summed E-state index contributed by atoms with van der Waals surface area (Å²) in [6, 6.07) is 31.7. The van der Waals surface area contributed by atoms with E-state index in [0.29, 0.717) is 12.2 Å². The van der Waals surface area contributed by atoms with E-state index in [-0.39, 0.29) is 11.9 Å². The number of likely N-dealkylation sites (tertiary alicyclic amines) is 1. The zero-order valence-corrected chi connectivity index (χ0v) is 18.0. The average Bonchev–Trinajstić information content (AvgIpc) is 2.82. The monoisotopic (exact) mass is 409 g/mol. The number of nitrogens with zero attached hydrogens (tertiary/aromatic N) is 1. The van der Waals surface area contributed by atoms with Gasteiger partial charge < -0.3 is 10.2 Å². The number of piperidine rings is 1. The summed E-state index contributed by atoms with van der Waals surface area (Å²) in [4.78, 5) is 14.9. The van der Waals surface area contributed by atoms with E-state index in [1.807, 2.05) is 30.3 Å². The van der Waals surface area contributed by atoms with Gasteiger partial charge in [-0.05, 0) is 54.9 Å².